The van der Waals surface area contributed by atoms with E-state index < -0.39 is 5.97 Å². The maximum absolute atomic E-state index is 13.3. The lowest BCUT2D eigenvalue weighted by Gasteiger charge is -2.10. The van der Waals surface area contributed by atoms with Gasteiger partial charge in [-0.25, -0.2) is 19.4 Å². The Morgan fingerprint density at radius 1 is 0.972 bits per heavy atom. The highest BCUT2D eigenvalue weighted by Crippen LogP contribution is 2.26. The highest BCUT2D eigenvalue weighted by molar-refractivity contribution is 7.15. The number of hydrogen-bond donors (Lipinski definition) is 0. The minimum absolute atomic E-state index is 0.120. The maximum atomic E-state index is 13.3. The van der Waals surface area contributed by atoms with Crippen LogP contribution in [0.2, 0.25) is 0 Å². The van der Waals surface area contributed by atoms with Gasteiger partial charge in [0, 0.05) is 23.2 Å². The summed E-state index contributed by atoms with van der Waals surface area (Å²) in [5.74, 6) is -0.535. The second-order valence-electron chi connectivity index (χ2n) is 8.16. The molecule has 9 heteroatoms. The first-order valence-corrected chi connectivity index (χ1v) is 12.1. The zero-order valence-electron chi connectivity index (χ0n) is 18.9. The van der Waals surface area contributed by atoms with Crippen molar-refractivity contribution < 1.29 is 9.53 Å². The van der Waals surface area contributed by atoms with E-state index in [1.807, 2.05) is 60.7 Å². The molecule has 2 aromatic carbocycles. The number of ether oxygens (including phenoxy) is 1. The van der Waals surface area contributed by atoms with Gasteiger partial charge in [0.05, 0.1) is 35.1 Å². The lowest BCUT2D eigenvalue weighted by atomic mass is 10.1. The van der Waals surface area contributed by atoms with E-state index in [4.69, 9.17) is 9.72 Å². The number of benzene rings is 2. The van der Waals surface area contributed by atoms with Crippen LogP contribution in [0.3, 0.4) is 0 Å². The second-order valence-corrected chi connectivity index (χ2v) is 9.04. The predicted octanol–water partition coefficient (Wildman–Crippen LogP) is 4.57. The van der Waals surface area contributed by atoms with E-state index in [0.29, 0.717) is 39.5 Å². The summed E-state index contributed by atoms with van der Waals surface area (Å²) in [5, 5.41) is 6.90. The van der Waals surface area contributed by atoms with Crippen molar-refractivity contribution in [3.63, 3.8) is 0 Å². The van der Waals surface area contributed by atoms with Crippen LogP contribution in [0.5, 0.6) is 0 Å². The van der Waals surface area contributed by atoms with Crippen LogP contribution >= 0.6 is 11.3 Å². The molecule has 0 atom stereocenters. The molecule has 0 spiro atoms. The van der Waals surface area contributed by atoms with Crippen LogP contribution in [-0.2, 0) is 17.9 Å². The van der Waals surface area contributed by atoms with Crippen molar-refractivity contribution >= 4 is 33.3 Å². The predicted molar refractivity (Wildman–Crippen MR) is 137 cm³/mol. The van der Waals surface area contributed by atoms with Gasteiger partial charge in [-0.3, -0.25) is 9.20 Å². The number of rotatable bonds is 6. The monoisotopic (exact) mass is 493 g/mol. The van der Waals surface area contributed by atoms with Crippen molar-refractivity contribution in [2.24, 2.45) is 0 Å². The number of thiazole rings is 1. The SMILES string of the molecule is O=C(OCc1cc(=O)n2ccsc2n1)c1cc(-c2ccccc2)nc2c1cnn2Cc1ccccc1. The van der Waals surface area contributed by atoms with Gasteiger partial charge in [0.2, 0.25) is 0 Å². The molecule has 0 bridgehead atoms. The van der Waals surface area contributed by atoms with Crippen LogP contribution in [0.4, 0.5) is 0 Å². The second kappa shape index (κ2) is 9.20. The number of carbonyl (C=O) groups is 1. The number of hydrogen-bond acceptors (Lipinski definition) is 7. The summed E-state index contributed by atoms with van der Waals surface area (Å²) in [6.07, 6.45) is 3.30. The summed E-state index contributed by atoms with van der Waals surface area (Å²) in [5.41, 5.74) is 3.70. The summed E-state index contributed by atoms with van der Waals surface area (Å²) in [6.45, 7) is 0.393. The first kappa shape index (κ1) is 21.9. The van der Waals surface area contributed by atoms with Gasteiger partial charge in [-0.2, -0.15) is 5.10 Å². The van der Waals surface area contributed by atoms with E-state index in [9.17, 15) is 9.59 Å². The molecule has 36 heavy (non-hydrogen) atoms. The normalized spacial score (nSPS) is 11.2. The van der Waals surface area contributed by atoms with Crippen molar-refractivity contribution in [1.29, 1.82) is 0 Å². The van der Waals surface area contributed by atoms with Crippen LogP contribution in [0.25, 0.3) is 27.3 Å². The topological polar surface area (TPSA) is 91.4 Å². The molecule has 8 nitrogen and oxygen atoms in total. The van der Waals surface area contributed by atoms with Gasteiger partial charge in [-0.05, 0) is 11.6 Å². The average molecular weight is 494 g/mol. The molecule has 6 aromatic rings. The molecular weight excluding hydrogens is 474 g/mol. The number of esters is 1. The van der Waals surface area contributed by atoms with Crippen molar-refractivity contribution in [3.8, 4) is 11.3 Å². The number of pyridine rings is 1. The zero-order valence-corrected chi connectivity index (χ0v) is 19.8. The molecule has 0 N–H and O–H groups in total. The van der Waals surface area contributed by atoms with E-state index in [0.717, 1.165) is 11.1 Å². The van der Waals surface area contributed by atoms with Gasteiger partial charge in [0.1, 0.15) is 6.61 Å². The van der Waals surface area contributed by atoms with E-state index >= 15 is 0 Å². The van der Waals surface area contributed by atoms with E-state index in [2.05, 4.69) is 10.1 Å². The molecule has 0 fully saturated rings. The molecule has 0 saturated heterocycles. The fourth-order valence-electron chi connectivity index (χ4n) is 4.02. The van der Waals surface area contributed by atoms with Gasteiger partial charge in [0.15, 0.2) is 10.6 Å². The van der Waals surface area contributed by atoms with Gasteiger partial charge in [-0.15, -0.1) is 11.3 Å². The molecule has 4 heterocycles. The molecular formula is C27H19N5O3S. The summed E-state index contributed by atoms with van der Waals surface area (Å²) in [6, 6.07) is 22.7. The fraction of sp³-hybridized carbons (Fsp3) is 0.0741. The summed E-state index contributed by atoms with van der Waals surface area (Å²) in [7, 11) is 0. The molecule has 4 aromatic heterocycles. The molecule has 0 amide bonds. The Kier molecular flexibility index (Phi) is 5.59. The Balaban J connectivity index is 1.37. The molecule has 0 saturated carbocycles. The summed E-state index contributed by atoms with van der Waals surface area (Å²) in [4.78, 5) is 35.4. The number of carbonyl (C=O) groups excluding carboxylic acids is 1. The van der Waals surface area contributed by atoms with Gasteiger partial charge in [0.25, 0.3) is 5.56 Å². The lowest BCUT2D eigenvalue weighted by Crippen LogP contribution is -2.15. The first-order valence-electron chi connectivity index (χ1n) is 11.2. The van der Waals surface area contributed by atoms with Crippen LogP contribution in [-0.4, -0.2) is 30.1 Å². The smallest absolute Gasteiger partial charge is 0.339 e. The first-order chi connectivity index (χ1) is 17.7. The van der Waals surface area contributed by atoms with Crippen LogP contribution in [0, 0.1) is 0 Å². The Morgan fingerprint density at radius 3 is 2.56 bits per heavy atom. The molecule has 0 aliphatic rings. The summed E-state index contributed by atoms with van der Waals surface area (Å²) < 4.78 is 8.84. The molecule has 6 rings (SSSR count). The van der Waals surface area contributed by atoms with Crippen molar-refractivity contribution in [2.75, 3.05) is 0 Å². The third-order valence-electron chi connectivity index (χ3n) is 5.78. The van der Waals surface area contributed by atoms with E-state index in [-0.39, 0.29) is 12.2 Å². The van der Waals surface area contributed by atoms with Crippen LogP contribution < -0.4 is 5.56 Å². The Bertz CT molecular complexity index is 1760. The third-order valence-corrected chi connectivity index (χ3v) is 6.54. The number of aromatic nitrogens is 5. The maximum Gasteiger partial charge on any atom is 0.339 e. The quantitative estimate of drug-likeness (QED) is 0.316. The zero-order chi connectivity index (χ0) is 24.5. The molecule has 0 unspecified atom stereocenters. The van der Waals surface area contributed by atoms with Crippen molar-refractivity contribution in [1.82, 2.24) is 24.1 Å². The third kappa shape index (κ3) is 4.16. The Hall–Kier alpha value is -4.63. The van der Waals surface area contributed by atoms with Crippen LogP contribution in [0.15, 0.2) is 95.4 Å². The molecule has 0 radical (unpaired) electrons. The van der Waals surface area contributed by atoms with Crippen LogP contribution in [0.1, 0.15) is 21.6 Å². The van der Waals surface area contributed by atoms with Gasteiger partial charge in [-0.1, -0.05) is 60.7 Å². The standard InChI is InChI=1S/C27H19N5O3S/c33-24-13-20(29-27-31(24)11-12-36-27)17-35-26(34)21-14-23(19-9-5-2-6-10-19)30-25-22(21)15-28-32(25)16-18-7-3-1-4-8-18/h1-15H,16-17H2. The van der Waals surface area contributed by atoms with Gasteiger partial charge >= 0.3 is 5.97 Å². The van der Waals surface area contributed by atoms with Crippen molar-refractivity contribution in [3.05, 3.63) is 118 Å². The Morgan fingerprint density at radius 2 is 1.75 bits per heavy atom. The average Bonchev–Trinajstić information content (AvgIpc) is 3.55. The number of nitrogens with zero attached hydrogens (tertiary/aromatic N) is 5. The fourth-order valence-corrected chi connectivity index (χ4v) is 4.76. The highest BCUT2D eigenvalue weighted by Gasteiger charge is 2.19. The van der Waals surface area contributed by atoms with E-state index in [1.165, 1.54) is 21.8 Å². The highest BCUT2D eigenvalue weighted by atomic mass is 32.1. The minimum atomic E-state index is -0.535. The van der Waals surface area contributed by atoms with E-state index in [1.54, 1.807) is 28.5 Å². The molecule has 0 aliphatic carbocycles. The molecule has 176 valence electrons. The van der Waals surface area contributed by atoms with Crippen molar-refractivity contribution in [2.45, 2.75) is 13.2 Å². The lowest BCUT2D eigenvalue weighted by molar-refractivity contribution is 0.0470. The number of fused-ring (bicyclic) bond motifs is 2. The molecule has 0 aliphatic heterocycles. The largest absolute Gasteiger partial charge is 0.456 e. The Labute approximate surface area is 209 Å². The van der Waals surface area contributed by atoms with Gasteiger partial charge < -0.3 is 4.74 Å². The summed E-state index contributed by atoms with van der Waals surface area (Å²) >= 11 is 1.34. The minimum Gasteiger partial charge on any atom is -0.456 e.